The zero-order chi connectivity index (χ0) is 22.3. The summed E-state index contributed by atoms with van der Waals surface area (Å²) in [5, 5.41) is 2.90. The van der Waals surface area contributed by atoms with E-state index in [-0.39, 0.29) is 29.8 Å². The highest BCUT2D eigenvalue weighted by atomic mass is 19.1. The number of nitrogens with zero attached hydrogens (tertiary/aromatic N) is 2. The fourth-order valence-electron chi connectivity index (χ4n) is 2.98. The topological polar surface area (TPSA) is 61.9 Å². The molecule has 0 atom stereocenters. The first-order valence-corrected chi connectivity index (χ1v) is 9.87. The van der Waals surface area contributed by atoms with E-state index in [1.54, 1.807) is 18.1 Å². The quantitative estimate of drug-likeness (QED) is 0.677. The van der Waals surface area contributed by atoms with E-state index in [9.17, 15) is 14.0 Å². The summed E-state index contributed by atoms with van der Waals surface area (Å²) in [5.74, 6) is -0.965. The average Bonchev–Trinajstić information content (AvgIpc) is 2.70. The molecular weight excluding hydrogens is 385 g/mol. The predicted octanol–water partition coefficient (Wildman–Crippen LogP) is 3.78. The zero-order valence-electron chi connectivity index (χ0n) is 18.2. The lowest BCUT2D eigenvalue weighted by atomic mass is 10.1. The van der Waals surface area contributed by atoms with Crippen molar-refractivity contribution in [1.82, 2.24) is 4.90 Å². The number of hydrogen-bond acceptors (Lipinski definition) is 4. The predicted molar refractivity (Wildman–Crippen MR) is 117 cm³/mol. The number of benzene rings is 2. The van der Waals surface area contributed by atoms with Crippen LogP contribution >= 0.6 is 0 Å². The lowest BCUT2D eigenvalue weighted by molar-refractivity contribution is -0.118. The van der Waals surface area contributed by atoms with Crippen LogP contribution in [0, 0.1) is 11.7 Å². The van der Waals surface area contributed by atoms with Crippen LogP contribution in [0.15, 0.2) is 42.5 Å². The summed E-state index contributed by atoms with van der Waals surface area (Å²) in [6.45, 7) is 4.64. The van der Waals surface area contributed by atoms with Crippen molar-refractivity contribution in [2.45, 2.75) is 20.4 Å². The number of anilines is 2. The smallest absolute Gasteiger partial charge is 0.254 e. The van der Waals surface area contributed by atoms with Crippen molar-refractivity contribution in [1.29, 1.82) is 0 Å². The van der Waals surface area contributed by atoms with Gasteiger partial charge in [0.1, 0.15) is 5.82 Å². The third-order valence-corrected chi connectivity index (χ3v) is 4.64. The Hall–Kier alpha value is -2.93. The molecule has 162 valence electrons. The number of hydrogen-bond donors (Lipinski definition) is 1. The molecule has 0 radical (unpaired) electrons. The summed E-state index contributed by atoms with van der Waals surface area (Å²) in [7, 11) is 5.40. The number of carbonyl (C=O) groups is 2. The summed E-state index contributed by atoms with van der Waals surface area (Å²) < 4.78 is 18.8. The maximum Gasteiger partial charge on any atom is 0.254 e. The number of nitrogens with one attached hydrogen (secondary N) is 1. The first-order valence-electron chi connectivity index (χ1n) is 9.87. The van der Waals surface area contributed by atoms with Gasteiger partial charge in [0, 0.05) is 57.2 Å². The van der Waals surface area contributed by atoms with Crippen molar-refractivity contribution >= 4 is 23.2 Å². The molecule has 0 fully saturated rings. The minimum Gasteiger partial charge on any atom is -0.383 e. The second kappa shape index (κ2) is 10.7. The van der Waals surface area contributed by atoms with Gasteiger partial charge < -0.3 is 19.9 Å². The van der Waals surface area contributed by atoms with Gasteiger partial charge in [-0.2, -0.15) is 0 Å². The van der Waals surface area contributed by atoms with E-state index in [2.05, 4.69) is 5.32 Å². The molecule has 0 bridgehead atoms. The summed E-state index contributed by atoms with van der Waals surface area (Å²) in [6.07, 6.45) is 0. The van der Waals surface area contributed by atoms with Gasteiger partial charge >= 0.3 is 0 Å². The van der Waals surface area contributed by atoms with Crippen molar-refractivity contribution < 1.29 is 18.7 Å². The van der Waals surface area contributed by atoms with E-state index in [4.69, 9.17) is 4.74 Å². The van der Waals surface area contributed by atoms with Crippen LogP contribution in [-0.2, 0) is 16.1 Å². The Bertz CT molecular complexity index is 884. The summed E-state index contributed by atoms with van der Waals surface area (Å²) in [5.41, 5.74) is 2.73. The highest BCUT2D eigenvalue weighted by Crippen LogP contribution is 2.25. The summed E-state index contributed by atoms with van der Waals surface area (Å²) in [6, 6.07) is 11.3. The highest BCUT2D eigenvalue weighted by Gasteiger charge is 2.19. The van der Waals surface area contributed by atoms with Crippen LogP contribution in [-0.4, -0.2) is 51.1 Å². The van der Waals surface area contributed by atoms with Crippen LogP contribution in [0.4, 0.5) is 15.8 Å². The van der Waals surface area contributed by atoms with E-state index in [1.165, 1.54) is 18.2 Å². The molecule has 0 aromatic heterocycles. The number of methoxy groups -OCH3 is 1. The molecule has 0 aliphatic heterocycles. The lowest BCUT2D eigenvalue weighted by Crippen LogP contribution is -2.34. The Morgan fingerprint density at radius 3 is 2.47 bits per heavy atom. The molecular formula is C23H30FN3O3. The molecule has 30 heavy (non-hydrogen) atoms. The molecule has 2 aromatic rings. The van der Waals surface area contributed by atoms with Gasteiger partial charge in [0.15, 0.2) is 0 Å². The molecule has 0 spiro atoms. The molecule has 7 heteroatoms. The molecule has 2 aromatic carbocycles. The minimum atomic E-state index is -0.458. The fraction of sp³-hybridized carbons (Fsp3) is 0.391. The van der Waals surface area contributed by atoms with Gasteiger partial charge in [0.2, 0.25) is 5.91 Å². The van der Waals surface area contributed by atoms with E-state index >= 15 is 0 Å². The highest BCUT2D eigenvalue weighted by molar-refractivity contribution is 5.94. The number of ether oxygens (including phenoxy) is 1. The number of carbonyl (C=O) groups excluding carboxylic acids is 2. The van der Waals surface area contributed by atoms with Gasteiger partial charge in [-0.05, 0) is 42.0 Å². The maximum absolute atomic E-state index is 13.6. The third kappa shape index (κ3) is 6.29. The SMILES string of the molecule is COCCN(Cc1cc(NC(=O)C(C)C)ccc1N(C)C)C(=O)c1cccc(F)c1. The van der Waals surface area contributed by atoms with Crippen LogP contribution in [0.1, 0.15) is 29.8 Å². The average molecular weight is 416 g/mol. The lowest BCUT2D eigenvalue weighted by Gasteiger charge is -2.26. The molecule has 0 aliphatic rings. The van der Waals surface area contributed by atoms with Crippen LogP contribution in [0.2, 0.25) is 0 Å². The Morgan fingerprint density at radius 1 is 1.13 bits per heavy atom. The molecule has 2 rings (SSSR count). The number of halogens is 1. The van der Waals surface area contributed by atoms with Crippen LogP contribution in [0.3, 0.4) is 0 Å². The van der Waals surface area contributed by atoms with Crippen molar-refractivity contribution in [3.8, 4) is 0 Å². The van der Waals surface area contributed by atoms with E-state index in [0.717, 1.165) is 11.3 Å². The van der Waals surface area contributed by atoms with Gasteiger partial charge in [-0.25, -0.2) is 4.39 Å². The molecule has 0 unspecified atom stereocenters. The summed E-state index contributed by atoms with van der Waals surface area (Å²) in [4.78, 5) is 28.7. The van der Waals surface area contributed by atoms with Crippen LogP contribution < -0.4 is 10.2 Å². The van der Waals surface area contributed by atoms with E-state index in [1.807, 2.05) is 51.0 Å². The minimum absolute atomic E-state index is 0.0781. The first kappa shape index (κ1) is 23.3. The molecule has 6 nitrogen and oxygen atoms in total. The second-order valence-corrected chi connectivity index (χ2v) is 7.61. The van der Waals surface area contributed by atoms with Crippen molar-refractivity contribution in [3.63, 3.8) is 0 Å². The second-order valence-electron chi connectivity index (χ2n) is 7.61. The maximum atomic E-state index is 13.6. The molecule has 0 heterocycles. The fourth-order valence-corrected chi connectivity index (χ4v) is 2.98. The van der Waals surface area contributed by atoms with Gasteiger partial charge in [-0.3, -0.25) is 9.59 Å². The van der Waals surface area contributed by atoms with Crippen molar-refractivity contribution in [3.05, 3.63) is 59.4 Å². The first-order chi connectivity index (χ1) is 14.2. The monoisotopic (exact) mass is 415 g/mol. The number of rotatable bonds is 9. The molecule has 0 saturated heterocycles. The van der Waals surface area contributed by atoms with Gasteiger partial charge in [-0.1, -0.05) is 19.9 Å². The number of amides is 2. The Balaban J connectivity index is 2.36. The molecule has 0 aliphatic carbocycles. The van der Waals surface area contributed by atoms with Crippen LogP contribution in [0.5, 0.6) is 0 Å². The third-order valence-electron chi connectivity index (χ3n) is 4.64. The van der Waals surface area contributed by atoms with Gasteiger partial charge in [0.05, 0.1) is 6.61 Å². The Labute approximate surface area is 177 Å². The van der Waals surface area contributed by atoms with E-state index in [0.29, 0.717) is 18.8 Å². The largest absolute Gasteiger partial charge is 0.383 e. The van der Waals surface area contributed by atoms with E-state index < -0.39 is 5.82 Å². The molecule has 0 saturated carbocycles. The molecule has 1 N–H and O–H groups in total. The Kier molecular flexibility index (Phi) is 8.35. The standard InChI is InChI=1S/C23H30FN3O3/c1-16(2)22(28)25-20-9-10-21(26(3)4)18(14-20)15-27(11-12-30-5)23(29)17-7-6-8-19(24)13-17/h6-10,13-14,16H,11-12,15H2,1-5H3,(H,25,28). The van der Waals surface area contributed by atoms with Gasteiger partial charge in [0.25, 0.3) is 5.91 Å². The zero-order valence-corrected chi connectivity index (χ0v) is 18.2. The summed E-state index contributed by atoms with van der Waals surface area (Å²) >= 11 is 0. The van der Waals surface area contributed by atoms with Crippen molar-refractivity contribution in [2.75, 3.05) is 44.6 Å². The van der Waals surface area contributed by atoms with Crippen molar-refractivity contribution in [2.24, 2.45) is 5.92 Å². The Morgan fingerprint density at radius 2 is 1.87 bits per heavy atom. The van der Waals surface area contributed by atoms with Gasteiger partial charge in [-0.15, -0.1) is 0 Å². The normalized spacial score (nSPS) is 10.8. The van der Waals surface area contributed by atoms with Crippen LogP contribution in [0.25, 0.3) is 0 Å². The molecule has 2 amide bonds.